The summed E-state index contributed by atoms with van der Waals surface area (Å²) in [6.07, 6.45) is 5.49. The van der Waals surface area contributed by atoms with Crippen molar-refractivity contribution >= 4 is 11.8 Å². The van der Waals surface area contributed by atoms with Crippen molar-refractivity contribution in [3.63, 3.8) is 0 Å². The van der Waals surface area contributed by atoms with Crippen LogP contribution in [0.5, 0.6) is 0 Å². The van der Waals surface area contributed by atoms with Crippen LogP contribution in [-0.4, -0.2) is 22.8 Å². The van der Waals surface area contributed by atoms with Crippen LogP contribution < -0.4 is 5.32 Å². The van der Waals surface area contributed by atoms with Gasteiger partial charge in [-0.05, 0) is 36.1 Å². The lowest BCUT2D eigenvalue weighted by molar-refractivity contribution is -0.127. The Hall–Kier alpha value is -3.40. The first-order valence-electron chi connectivity index (χ1n) is 11.5. The fourth-order valence-electron chi connectivity index (χ4n) is 4.44. The van der Waals surface area contributed by atoms with Crippen LogP contribution in [0.4, 0.5) is 0 Å². The van der Waals surface area contributed by atoms with Crippen LogP contribution >= 0.6 is 0 Å². The largest absolute Gasteiger partial charge is 0.351 e. The summed E-state index contributed by atoms with van der Waals surface area (Å²) in [5, 5.41) is 3.26. The zero-order valence-electron chi connectivity index (χ0n) is 18.3. The quantitative estimate of drug-likeness (QED) is 0.541. The van der Waals surface area contributed by atoms with Gasteiger partial charge in [0.2, 0.25) is 5.91 Å². The van der Waals surface area contributed by atoms with E-state index < -0.39 is 6.04 Å². The topological polar surface area (TPSA) is 49.4 Å². The standard InChI is InChI=1S/C28H30N2O2/c31-27(29-25-19-11-4-12-20-25)26(23-15-7-2-8-16-23)30(21-22-13-5-1-6-14-22)28(32)24-17-9-3-10-18-24/h1-3,5-10,13-18,25-26H,4,11-12,19-21H2,(H,29,31). The second-order valence-corrected chi connectivity index (χ2v) is 8.44. The third kappa shape index (κ3) is 5.44. The van der Waals surface area contributed by atoms with Crippen LogP contribution in [0.25, 0.3) is 0 Å². The predicted molar refractivity (Wildman–Crippen MR) is 127 cm³/mol. The molecule has 3 aromatic rings. The monoisotopic (exact) mass is 426 g/mol. The molecule has 1 N–H and O–H groups in total. The third-order valence-corrected chi connectivity index (χ3v) is 6.10. The second kappa shape index (κ2) is 10.8. The maximum Gasteiger partial charge on any atom is 0.255 e. The van der Waals surface area contributed by atoms with E-state index in [2.05, 4.69) is 5.32 Å². The van der Waals surface area contributed by atoms with E-state index in [4.69, 9.17) is 0 Å². The number of hydrogen-bond donors (Lipinski definition) is 1. The van der Waals surface area contributed by atoms with Gasteiger partial charge >= 0.3 is 0 Å². The van der Waals surface area contributed by atoms with Crippen LogP contribution in [0.15, 0.2) is 91.0 Å². The molecule has 0 radical (unpaired) electrons. The van der Waals surface area contributed by atoms with Crippen molar-refractivity contribution < 1.29 is 9.59 Å². The Labute approximate surface area is 190 Å². The highest BCUT2D eigenvalue weighted by Gasteiger charge is 2.33. The third-order valence-electron chi connectivity index (χ3n) is 6.10. The molecule has 4 heteroatoms. The summed E-state index contributed by atoms with van der Waals surface area (Å²) < 4.78 is 0. The zero-order chi connectivity index (χ0) is 22.2. The van der Waals surface area contributed by atoms with Gasteiger partial charge in [0.25, 0.3) is 5.91 Å². The Morgan fingerprint density at radius 2 is 1.34 bits per heavy atom. The predicted octanol–water partition coefficient (Wildman–Crippen LogP) is 5.52. The summed E-state index contributed by atoms with van der Waals surface area (Å²) in [6, 6.07) is 28.2. The molecule has 4 rings (SSSR count). The molecule has 1 atom stereocenters. The normalized spacial score (nSPS) is 15.0. The summed E-state index contributed by atoms with van der Waals surface area (Å²) in [5.74, 6) is -0.259. The van der Waals surface area contributed by atoms with Gasteiger partial charge in [0.15, 0.2) is 0 Å². The van der Waals surface area contributed by atoms with Crippen molar-refractivity contribution in [2.75, 3.05) is 0 Å². The van der Waals surface area contributed by atoms with Gasteiger partial charge in [0, 0.05) is 18.2 Å². The van der Waals surface area contributed by atoms with Crippen molar-refractivity contribution in [2.45, 2.75) is 50.7 Å². The first-order chi connectivity index (χ1) is 15.7. The Morgan fingerprint density at radius 3 is 1.97 bits per heavy atom. The summed E-state index contributed by atoms with van der Waals surface area (Å²) in [6.45, 7) is 0.353. The second-order valence-electron chi connectivity index (χ2n) is 8.44. The SMILES string of the molecule is O=C(NC1CCCCC1)C(c1ccccc1)N(Cc1ccccc1)C(=O)c1ccccc1. The van der Waals surface area contributed by atoms with E-state index in [0.717, 1.165) is 36.8 Å². The molecule has 32 heavy (non-hydrogen) atoms. The van der Waals surface area contributed by atoms with Crippen LogP contribution in [0.2, 0.25) is 0 Å². The van der Waals surface area contributed by atoms with Crippen molar-refractivity contribution in [1.29, 1.82) is 0 Å². The van der Waals surface area contributed by atoms with Gasteiger partial charge in [-0.2, -0.15) is 0 Å². The molecule has 0 aliphatic heterocycles. The fourth-order valence-corrected chi connectivity index (χ4v) is 4.44. The fraction of sp³-hybridized carbons (Fsp3) is 0.286. The molecule has 1 aliphatic rings. The molecule has 1 unspecified atom stereocenters. The summed E-state index contributed by atoms with van der Waals surface area (Å²) in [4.78, 5) is 29.1. The van der Waals surface area contributed by atoms with Gasteiger partial charge in [0.05, 0.1) is 0 Å². The molecule has 1 aliphatic carbocycles. The Kier molecular flexibility index (Phi) is 7.34. The van der Waals surface area contributed by atoms with E-state index in [1.807, 2.05) is 78.9 Å². The first-order valence-corrected chi connectivity index (χ1v) is 11.5. The lowest BCUT2D eigenvalue weighted by Gasteiger charge is -2.33. The van der Waals surface area contributed by atoms with E-state index in [-0.39, 0.29) is 17.9 Å². The van der Waals surface area contributed by atoms with Gasteiger partial charge in [-0.25, -0.2) is 0 Å². The van der Waals surface area contributed by atoms with Crippen LogP contribution in [0.3, 0.4) is 0 Å². The molecule has 3 aromatic carbocycles. The van der Waals surface area contributed by atoms with Crippen LogP contribution in [0.1, 0.15) is 59.6 Å². The average Bonchev–Trinajstić information content (AvgIpc) is 2.86. The Morgan fingerprint density at radius 1 is 0.781 bits per heavy atom. The zero-order valence-corrected chi connectivity index (χ0v) is 18.3. The molecule has 1 saturated carbocycles. The van der Waals surface area contributed by atoms with Crippen molar-refractivity contribution in [2.24, 2.45) is 0 Å². The lowest BCUT2D eigenvalue weighted by atomic mass is 9.94. The average molecular weight is 427 g/mol. The number of nitrogens with one attached hydrogen (secondary N) is 1. The summed E-state index contributed by atoms with van der Waals surface area (Å²) in [5.41, 5.74) is 2.39. The smallest absolute Gasteiger partial charge is 0.255 e. The first kappa shape index (κ1) is 21.8. The maximum atomic E-state index is 13.7. The molecular formula is C28H30N2O2. The van der Waals surface area contributed by atoms with Gasteiger partial charge < -0.3 is 10.2 Å². The van der Waals surface area contributed by atoms with Crippen LogP contribution in [0, 0.1) is 0 Å². The minimum Gasteiger partial charge on any atom is -0.351 e. The molecule has 164 valence electrons. The Balaban J connectivity index is 1.71. The van der Waals surface area contributed by atoms with Gasteiger partial charge in [-0.3, -0.25) is 9.59 Å². The van der Waals surface area contributed by atoms with E-state index in [1.54, 1.807) is 17.0 Å². The molecule has 0 bridgehead atoms. The van der Waals surface area contributed by atoms with Crippen molar-refractivity contribution in [3.05, 3.63) is 108 Å². The van der Waals surface area contributed by atoms with E-state index in [9.17, 15) is 9.59 Å². The van der Waals surface area contributed by atoms with Gasteiger partial charge in [-0.1, -0.05) is 98.1 Å². The molecule has 2 amide bonds. The molecule has 0 heterocycles. The highest BCUT2D eigenvalue weighted by atomic mass is 16.2. The minimum atomic E-state index is -0.703. The van der Waals surface area contributed by atoms with Crippen molar-refractivity contribution in [3.8, 4) is 0 Å². The number of carbonyl (C=O) groups excluding carboxylic acids is 2. The van der Waals surface area contributed by atoms with Crippen molar-refractivity contribution in [1.82, 2.24) is 10.2 Å². The molecular weight excluding hydrogens is 396 g/mol. The molecule has 4 nitrogen and oxygen atoms in total. The number of nitrogens with zero attached hydrogens (tertiary/aromatic N) is 1. The van der Waals surface area contributed by atoms with Gasteiger partial charge in [0.1, 0.15) is 6.04 Å². The van der Waals surface area contributed by atoms with E-state index in [1.165, 1.54) is 6.42 Å². The van der Waals surface area contributed by atoms with Crippen LogP contribution in [-0.2, 0) is 11.3 Å². The Bertz CT molecular complexity index is 999. The van der Waals surface area contributed by atoms with E-state index >= 15 is 0 Å². The number of rotatable bonds is 7. The lowest BCUT2D eigenvalue weighted by Crippen LogP contribution is -2.46. The summed E-state index contributed by atoms with van der Waals surface area (Å²) >= 11 is 0. The minimum absolute atomic E-state index is 0.108. The highest BCUT2D eigenvalue weighted by molar-refractivity contribution is 5.98. The number of benzene rings is 3. The maximum absolute atomic E-state index is 13.7. The molecule has 1 fully saturated rings. The van der Waals surface area contributed by atoms with E-state index in [0.29, 0.717) is 12.1 Å². The van der Waals surface area contributed by atoms with Gasteiger partial charge in [-0.15, -0.1) is 0 Å². The number of amides is 2. The summed E-state index contributed by atoms with van der Waals surface area (Å²) in [7, 11) is 0. The molecule has 0 saturated heterocycles. The highest BCUT2D eigenvalue weighted by Crippen LogP contribution is 2.27. The molecule has 0 spiro atoms. The number of hydrogen-bond acceptors (Lipinski definition) is 2. The number of carbonyl (C=O) groups is 2. The molecule has 0 aromatic heterocycles.